The summed E-state index contributed by atoms with van der Waals surface area (Å²) in [5.41, 5.74) is 0.595. The number of benzene rings is 1. The maximum Gasteiger partial charge on any atom is 0.266 e. The lowest BCUT2D eigenvalue weighted by atomic mass is 9.43. The second-order valence-corrected chi connectivity index (χ2v) is 16.2. The molecule has 4 aliphatic rings. The van der Waals surface area contributed by atoms with Crippen molar-refractivity contribution in [1.29, 1.82) is 0 Å². The Morgan fingerprint density at radius 3 is 2.43 bits per heavy atom. The number of rotatable bonds is 9. The van der Waals surface area contributed by atoms with Crippen molar-refractivity contribution in [3.8, 4) is 0 Å². The lowest BCUT2D eigenvalue weighted by Crippen LogP contribution is -2.62. The molecule has 4 saturated carbocycles. The SMILES string of the molecule is CC(CCC(=O)N(CCS(=O)(=O)O)Cc1ccccc1)C1CCC2C3C(O)CC4CC(O)CCC4(C)C3CC(O)C12C. The summed E-state index contributed by atoms with van der Waals surface area (Å²) in [5.74, 6) is 0.655. The average Bonchev–Trinajstić information content (AvgIpc) is 3.29. The van der Waals surface area contributed by atoms with Crippen molar-refractivity contribution in [1.82, 2.24) is 4.90 Å². The van der Waals surface area contributed by atoms with E-state index in [1.54, 1.807) is 0 Å². The summed E-state index contributed by atoms with van der Waals surface area (Å²) >= 11 is 0. The molecule has 0 aliphatic heterocycles. The third kappa shape index (κ3) is 6.06. The number of fused-ring (bicyclic) bond motifs is 5. The Balaban J connectivity index is 1.27. The summed E-state index contributed by atoms with van der Waals surface area (Å²) < 4.78 is 32.2. The van der Waals surface area contributed by atoms with Gasteiger partial charge < -0.3 is 20.2 Å². The fraction of sp³-hybridized carbons (Fsp3) is 0.788. The van der Waals surface area contributed by atoms with E-state index in [-0.39, 0.29) is 77.9 Å². The van der Waals surface area contributed by atoms with Crippen LogP contribution in [-0.4, -0.2) is 69.7 Å². The monoisotopic (exact) mass is 605 g/mol. The normalized spacial score (nSPS) is 40.5. The number of aliphatic hydroxyl groups is 3. The topological polar surface area (TPSA) is 135 Å². The number of carbonyl (C=O) groups is 1. The Hall–Kier alpha value is -1.52. The van der Waals surface area contributed by atoms with Crippen LogP contribution in [0.4, 0.5) is 0 Å². The van der Waals surface area contributed by atoms with Gasteiger partial charge in [-0.2, -0.15) is 8.42 Å². The number of nitrogens with zero attached hydrogens (tertiary/aromatic N) is 1. The third-order valence-corrected chi connectivity index (χ3v) is 13.2. The molecule has 0 spiro atoms. The molecule has 11 atom stereocenters. The summed E-state index contributed by atoms with van der Waals surface area (Å²) in [6, 6.07) is 9.43. The third-order valence-electron chi connectivity index (χ3n) is 12.5. The van der Waals surface area contributed by atoms with Crippen LogP contribution in [0.15, 0.2) is 30.3 Å². The van der Waals surface area contributed by atoms with Gasteiger partial charge in [-0.25, -0.2) is 0 Å². The molecule has 0 aromatic heterocycles. The van der Waals surface area contributed by atoms with Gasteiger partial charge in [-0.05, 0) is 103 Å². The number of carbonyl (C=O) groups excluding carboxylic acids is 1. The molecule has 1 aromatic carbocycles. The molecule has 9 heteroatoms. The molecule has 42 heavy (non-hydrogen) atoms. The van der Waals surface area contributed by atoms with Gasteiger partial charge in [-0.1, -0.05) is 51.1 Å². The molecule has 11 unspecified atom stereocenters. The Labute approximate surface area is 251 Å². The van der Waals surface area contributed by atoms with Gasteiger partial charge in [-0.3, -0.25) is 9.35 Å². The van der Waals surface area contributed by atoms with Gasteiger partial charge in [0.15, 0.2) is 0 Å². The first-order valence-corrected chi connectivity index (χ1v) is 17.7. The molecule has 8 nitrogen and oxygen atoms in total. The number of hydrogen-bond acceptors (Lipinski definition) is 6. The second-order valence-electron chi connectivity index (χ2n) is 14.6. The minimum absolute atomic E-state index is 0.0336. The van der Waals surface area contributed by atoms with E-state index in [0.717, 1.165) is 44.1 Å². The molecule has 1 aromatic rings. The highest BCUT2D eigenvalue weighted by Crippen LogP contribution is 2.68. The van der Waals surface area contributed by atoms with E-state index in [1.807, 2.05) is 30.3 Å². The maximum atomic E-state index is 13.4. The van der Waals surface area contributed by atoms with E-state index in [2.05, 4.69) is 20.8 Å². The van der Waals surface area contributed by atoms with E-state index in [0.29, 0.717) is 12.8 Å². The maximum absolute atomic E-state index is 13.4. The summed E-state index contributed by atoms with van der Waals surface area (Å²) in [7, 11) is -4.20. The molecule has 0 heterocycles. The van der Waals surface area contributed by atoms with Crippen LogP contribution in [0.2, 0.25) is 0 Å². The summed E-state index contributed by atoms with van der Waals surface area (Å²) in [4.78, 5) is 14.9. The van der Waals surface area contributed by atoms with Crippen molar-refractivity contribution in [2.24, 2.45) is 46.3 Å². The van der Waals surface area contributed by atoms with Crippen LogP contribution in [0.1, 0.15) is 84.1 Å². The summed E-state index contributed by atoms with van der Waals surface area (Å²) in [6.07, 6.45) is 5.53. The van der Waals surface area contributed by atoms with Crippen molar-refractivity contribution in [2.45, 2.75) is 103 Å². The smallest absolute Gasteiger partial charge is 0.266 e. The Morgan fingerprint density at radius 2 is 1.74 bits per heavy atom. The Kier molecular flexibility index (Phi) is 9.19. The molecule has 236 valence electrons. The first kappa shape index (κ1) is 31.9. The van der Waals surface area contributed by atoms with Crippen molar-refractivity contribution >= 4 is 16.0 Å². The van der Waals surface area contributed by atoms with Gasteiger partial charge >= 0.3 is 0 Å². The number of amides is 1. The zero-order valence-corrected chi connectivity index (χ0v) is 26.3. The standard InChI is InChI=1S/C33H51NO7S/c1-21(9-12-30(38)34(15-16-42(39,40)41)20-22-7-5-4-6-8-22)25-10-11-26-31-27(19-29(37)33(25,26)3)32(2)14-13-24(35)17-23(32)18-28(31)36/h4-8,21,23-29,31,35-37H,9-20H2,1-3H3,(H,39,40,41). The molecule has 4 aliphatic carbocycles. The van der Waals surface area contributed by atoms with Crippen LogP contribution in [0.3, 0.4) is 0 Å². The van der Waals surface area contributed by atoms with Gasteiger partial charge in [0, 0.05) is 19.5 Å². The molecule has 0 bridgehead atoms. The number of hydrogen-bond donors (Lipinski definition) is 4. The first-order valence-electron chi connectivity index (χ1n) is 16.0. The zero-order valence-electron chi connectivity index (χ0n) is 25.4. The van der Waals surface area contributed by atoms with Crippen molar-refractivity contribution in [3.05, 3.63) is 35.9 Å². The molecular weight excluding hydrogens is 554 g/mol. The van der Waals surface area contributed by atoms with Crippen LogP contribution in [-0.2, 0) is 21.5 Å². The lowest BCUT2D eigenvalue weighted by Gasteiger charge is -2.63. The minimum Gasteiger partial charge on any atom is -0.393 e. The minimum atomic E-state index is -4.20. The average molecular weight is 606 g/mol. The van der Waals surface area contributed by atoms with Gasteiger partial charge in [0.1, 0.15) is 0 Å². The molecule has 0 saturated heterocycles. The molecule has 1 amide bonds. The molecular formula is C33H51NO7S. The van der Waals surface area contributed by atoms with Crippen molar-refractivity contribution in [3.63, 3.8) is 0 Å². The van der Waals surface area contributed by atoms with Gasteiger partial charge in [0.05, 0.1) is 24.1 Å². The van der Waals surface area contributed by atoms with Crippen molar-refractivity contribution < 1.29 is 33.1 Å². The Morgan fingerprint density at radius 1 is 1.02 bits per heavy atom. The van der Waals surface area contributed by atoms with Crippen molar-refractivity contribution in [2.75, 3.05) is 12.3 Å². The van der Waals surface area contributed by atoms with E-state index in [1.165, 1.54) is 4.90 Å². The molecule has 5 rings (SSSR count). The fourth-order valence-electron chi connectivity index (χ4n) is 10.2. The van der Waals surface area contributed by atoms with E-state index < -0.39 is 28.1 Å². The molecule has 4 N–H and O–H groups in total. The highest BCUT2D eigenvalue weighted by Gasteiger charge is 2.65. The van der Waals surface area contributed by atoms with Crippen LogP contribution in [0, 0.1) is 46.3 Å². The van der Waals surface area contributed by atoms with E-state index in [4.69, 9.17) is 0 Å². The van der Waals surface area contributed by atoms with E-state index >= 15 is 0 Å². The lowest BCUT2D eigenvalue weighted by molar-refractivity contribution is -0.207. The highest BCUT2D eigenvalue weighted by atomic mass is 32.2. The van der Waals surface area contributed by atoms with E-state index in [9.17, 15) is 33.1 Å². The van der Waals surface area contributed by atoms with Crippen LogP contribution in [0.5, 0.6) is 0 Å². The van der Waals surface area contributed by atoms with Gasteiger partial charge in [0.2, 0.25) is 5.91 Å². The predicted octanol–water partition coefficient (Wildman–Crippen LogP) is 4.28. The Bertz CT molecular complexity index is 1210. The number of aliphatic hydroxyl groups excluding tert-OH is 3. The summed E-state index contributed by atoms with van der Waals surface area (Å²) in [6.45, 7) is 6.94. The van der Waals surface area contributed by atoms with Crippen LogP contribution in [0.25, 0.3) is 0 Å². The summed E-state index contributed by atoms with van der Waals surface area (Å²) in [5, 5.41) is 33.7. The predicted molar refractivity (Wildman–Crippen MR) is 161 cm³/mol. The highest BCUT2D eigenvalue weighted by molar-refractivity contribution is 7.85. The van der Waals surface area contributed by atoms with Crippen LogP contribution < -0.4 is 0 Å². The largest absolute Gasteiger partial charge is 0.393 e. The van der Waals surface area contributed by atoms with Gasteiger partial charge in [-0.15, -0.1) is 0 Å². The fourth-order valence-corrected chi connectivity index (χ4v) is 10.6. The zero-order chi connectivity index (χ0) is 30.4. The quantitative estimate of drug-likeness (QED) is 0.309. The first-order chi connectivity index (χ1) is 19.7. The molecule has 0 radical (unpaired) electrons. The molecule has 4 fully saturated rings. The van der Waals surface area contributed by atoms with Crippen LogP contribution >= 0.6 is 0 Å². The van der Waals surface area contributed by atoms with Gasteiger partial charge in [0.25, 0.3) is 10.1 Å². The second kappa shape index (κ2) is 12.1.